The van der Waals surface area contributed by atoms with Gasteiger partial charge in [-0.2, -0.15) is 0 Å². The largest absolute Gasteiger partial charge is 0.343 e. The van der Waals surface area contributed by atoms with Gasteiger partial charge in [0.05, 0.1) is 5.92 Å². The normalized spacial score (nSPS) is 26.1. The van der Waals surface area contributed by atoms with Crippen molar-refractivity contribution in [2.75, 3.05) is 13.1 Å². The molecule has 1 aliphatic carbocycles. The summed E-state index contributed by atoms with van der Waals surface area (Å²) in [4.78, 5) is 14.0. The van der Waals surface area contributed by atoms with Crippen molar-refractivity contribution in [1.82, 2.24) is 4.90 Å². The molecule has 92 valence electrons. The predicted molar refractivity (Wildman–Crippen MR) is 68.5 cm³/mol. The Morgan fingerprint density at radius 3 is 2.19 bits per heavy atom. The summed E-state index contributed by atoms with van der Waals surface area (Å²) in [5.41, 5.74) is -0.0191. The molecule has 0 unspecified atom stereocenters. The first-order valence-electron chi connectivity index (χ1n) is 5.67. The van der Waals surface area contributed by atoms with Crippen LogP contribution < -0.4 is 0 Å². The van der Waals surface area contributed by atoms with E-state index in [0.717, 1.165) is 13.1 Å². The molecular weight excluding hydrogens is 245 g/mol. The van der Waals surface area contributed by atoms with Crippen molar-refractivity contribution in [3.05, 3.63) is 10.6 Å². The maximum Gasteiger partial charge on any atom is 0.226 e. The van der Waals surface area contributed by atoms with E-state index in [-0.39, 0.29) is 27.6 Å². The van der Waals surface area contributed by atoms with E-state index in [9.17, 15) is 4.79 Å². The molecule has 16 heavy (non-hydrogen) atoms. The zero-order chi connectivity index (χ0) is 12.5. The molecule has 1 amide bonds. The summed E-state index contributed by atoms with van der Waals surface area (Å²) in [5, 5.41) is 0. The number of carbonyl (C=O) groups is 1. The Morgan fingerprint density at radius 1 is 1.31 bits per heavy atom. The second kappa shape index (κ2) is 4.97. The van der Waals surface area contributed by atoms with Crippen molar-refractivity contribution in [2.45, 2.75) is 27.7 Å². The molecule has 0 N–H and O–H groups in total. The van der Waals surface area contributed by atoms with E-state index < -0.39 is 0 Å². The molecule has 1 rings (SSSR count). The van der Waals surface area contributed by atoms with Gasteiger partial charge in [0, 0.05) is 13.1 Å². The van der Waals surface area contributed by atoms with Crippen LogP contribution in [0.2, 0.25) is 0 Å². The van der Waals surface area contributed by atoms with E-state index >= 15 is 0 Å². The lowest BCUT2D eigenvalue weighted by Crippen LogP contribution is -2.33. The van der Waals surface area contributed by atoms with Crippen LogP contribution in [0.1, 0.15) is 27.7 Å². The molecule has 0 spiro atoms. The van der Waals surface area contributed by atoms with E-state index in [1.54, 1.807) is 6.08 Å². The van der Waals surface area contributed by atoms with Crippen molar-refractivity contribution in [2.24, 2.45) is 17.3 Å². The summed E-state index contributed by atoms with van der Waals surface area (Å²) in [6.07, 6.45) is 1.79. The van der Waals surface area contributed by atoms with Crippen LogP contribution in [0, 0.1) is 17.3 Å². The summed E-state index contributed by atoms with van der Waals surface area (Å²) >= 11 is 11.3. The average Bonchev–Trinajstić information content (AvgIpc) is 2.68. The molecular formula is C12H19Cl2NO. The fourth-order valence-corrected chi connectivity index (χ4v) is 2.60. The number of amides is 1. The van der Waals surface area contributed by atoms with Crippen molar-refractivity contribution in [3.8, 4) is 0 Å². The Morgan fingerprint density at radius 2 is 1.81 bits per heavy atom. The van der Waals surface area contributed by atoms with Gasteiger partial charge in [-0.25, -0.2) is 0 Å². The molecule has 1 fully saturated rings. The zero-order valence-corrected chi connectivity index (χ0v) is 11.8. The molecule has 0 aromatic rings. The molecule has 0 aliphatic heterocycles. The van der Waals surface area contributed by atoms with E-state index in [4.69, 9.17) is 23.2 Å². The average molecular weight is 264 g/mol. The molecule has 0 aromatic carbocycles. The van der Waals surface area contributed by atoms with Crippen LogP contribution in [0.3, 0.4) is 0 Å². The van der Waals surface area contributed by atoms with Crippen LogP contribution in [0.15, 0.2) is 10.6 Å². The third-order valence-corrected chi connectivity index (χ3v) is 3.81. The Bertz CT molecular complexity index is 304. The van der Waals surface area contributed by atoms with Crippen LogP contribution in [0.25, 0.3) is 0 Å². The lowest BCUT2D eigenvalue weighted by atomic mass is 10.1. The second-order valence-corrected chi connectivity index (χ2v) is 5.80. The van der Waals surface area contributed by atoms with Crippen LogP contribution >= 0.6 is 23.2 Å². The van der Waals surface area contributed by atoms with E-state index in [0.29, 0.717) is 0 Å². The summed E-state index contributed by atoms with van der Waals surface area (Å²) in [7, 11) is 0. The molecule has 2 nitrogen and oxygen atoms in total. The topological polar surface area (TPSA) is 20.3 Å². The third-order valence-electron chi connectivity index (χ3n) is 3.56. The highest BCUT2D eigenvalue weighted by atomic mass is 35.5. The zero-order valence-electron chi connectivity index (χ0n) is 10.3. The minimum atomic E-state index is -0.0191. The standard InChI is InChI=1S/C12H19Cl2NO/c1-5-15(6-2)11(16)10-8(7-9(13)14)12(10,3)4/h7-8,10H,5-6H2,1-4H3/t8-,10+/m0/s1. The lowest BCUT2D eigenvalue weighted by molar-refractivity contribution is -0.133. The number of hydrogen-bond acceptors (Lipinski definition) is 1. The minimum absolute atomic E-state index is 0.0191. The summed E-state index contributed by atoms with van der Waals surface area (Å²) in [5.74, 6) is 0.413. The van der Waals surface area contributed by atoms with Gasteiger partial charge in [0.15, 0.2) is 0 Å². The SMILES string of the molecule is CCN(CC)C(=O)[C@H]1[C@H](C=C(Cl)Cl)C1(C)C. The van der Waals surface area contributed by atoms with E-state index in [2.05, 4.69) is 13.8 Å². The number of hydrogen-bond donors (Lipinski definition) is 0. The second-order valence-electron chi connectivity index (χ2n) is 4.79. The molecule has 4 heteroatoms. The van der Waals surface area contributed by atoms with Crippen LogP contribution in [-0.4, -0.2) is 23.9 Å². The quantitative estimate of drug-likeness (QED) is 0.761. The molecule has 0 saturated heterocycles. The lowest BCUT2D eigenvalue weighted by Gasteiger charge is -2.19. The number of carbonyl (C=O) groups excluding carboxylic acids is 1. The fourth-order valence-electron chi connectivity index (χ4n) is 2.33. The Labute approximate surface area is 108 Å². The Balaban J connectivity index is 2.76. The highest BCUT2D eigenvalue weighted by Crippen LogP contribution is 2.60. The summed E-state index contributed by atoms with van der Waals surface area (Å²) < 4.78 is 0.257. The van der Waals surface area contributed by atoms with Gasteiger partial charge >= 0.3 is 0 Å². The van der Waals surface area contributed by atoms with Gasteiger partial charge in [-0.15, -0.1) is 0 Å². The van der Waals surface area contributed by atoms with Crippen molar-refractivity contribution in [1.29, 1.82) is 0 Å². The van der Waals surface area contributed by atoms with Gasteiger partial charge in [0.2, 0.25) is 5.91 Å². The maximum atomic E-state index is 12.2. The van der Waals surface area contributed by atoms with Gasteiger partial charge < -0.3 is 4.90 Å². The molecule has 0 bridgehead atoms. The number of allylic oxidation sites excluding steroid dienone is 1. The van der Waals surface area contributed by atoms with Crippen LogP contribution in [0.5, 0.6) is 0 Å². The van der Waals surface area contributed by atoms with Gasteiger partial charge in [-0.05, 0) is 31.3 Å². The van der Waals surface area contributed by atoms with Crippen LogP contribution in [0.4, 0.5) is 0 Å². The molecule has 1 aliphatic rings. The fraction of sp³-hybridized carbons (Fsp3) is 0.750. The van der Waals surface area contributed by atoms with Crippen molar-refractivity contribution < 1.29 is 4.79 Å². The first kappa shape index (κ1) is 13.9. The predicted octanol–water partition coefficient (Wildman–Crippen LogP) is 3.45. The van der Waals surface area contributed by atoms with Gasteiger partial charge in [-0.3, -0.25) is 4.79 Å². The van der Waals surface area contributed by atoms with E-state index in [1.807, 2.05) is 18.7 Å². The summed E-state index contributed by atoms with van der Waals surface area (Å²) in [6.45, 7) is 9.67. The maximum absolute atomic E-state index is 12.2. The summed E-state index contributed by atoms with van der Waals surface area (Å²) in [6, 6.07) is 0. The number of halogens is 2. The highest BCUT2D eigenvalue weighted by Gasteiger charge is 2.61. The van der Waals surface area contributed by atoms with Gasteiger partial charge in [0.25, 0.3) is 0 Å². The number of nitrogens with zero attached hydrogens (tertiary/aromatic N) is 1. The highest BCUT2D eigenvalue weighted by molar-refractivity contribution is 6.55. The van der Waals surface area contributed by atoms with Gasteiger partial charge in [0.1, 0.15) is 4.49 Å². The molecule has 0 aromatic heterocycles. The molecule has 0 radical (unpaired) electrons. The first-order valence-corrected chi connectivity index (χ1v) is 6.43. The minimum Gasteiger partial charge on any atom is -0.343 e. The van der Waals surface area contributed by atoms with Crippen molar-refractivity contribution in [3.63, 3.8) is 0 Å². The molecule has 1 saturated carbocycles. The van der Waals surface area contributed by atoms with Crippen LogP contribution in [-0.2, 0) is 4.79 Å². The third kappa shape index (κ3) is 2.54. The van der Waals surface area contributed by atoms with Crippen molar-refractivity contribution >= 4 is 29.1 Å². The first-order chi connectivity index (χ1) is 7.36. The Kier molecular flexibility index (Phi) is 4.30. The van der Waals surface area contributed by atoms with Gasteiger partial charge in [-0.1, -0.05) is 37.0 Å². The monoisotopic (exact) mass is 263 g/mol. The Hall–Kier alpha value is -0.210. The smallest absolute Gasteiger partial charge is 0.226 e. The number of rotatable bonds is 4. The molecule has 2 atom stereocenters. The van der Waals surface area contributed by atoms with E-state index in [1.165, 1.54) is 0 Å². The molecule has 0 heterocycles.